The van der Waals surface area contributed by atoms with Gasteiger partial charge in [-0.3, -0.25) is 9.78 Å². The van der Waals surface area contributed by atoms with Crippen molar-refractivity contribution in [1.82, 2.24) is 9.88 Å². The van der Waals surface area contributed by atoms with Crippen LogP contribution in [0.5, 0.6) is 0 Å². The third kappa shape index (κ3) is 3.27. The second kappa shape index (κ2) is 5.92. The number of rotatable bonds is 3. The number of carbonyl (C=O) groups is 1. The van der Waals surface area contributed by atoms with Gasteiger partial charge in [0, 0.05) is 23.5 Å². The first-order valence-electron chi connectivity index (χ1n) is 6.20. The monoisotopic (exact) mass is 289 g/mol. The third-order valence-corrected chi connectivity index (χ3v) is 3.17. The van der Waals surface area contributed by atoms with Crippen LogP contribution in [0.4, 0.5) is 5.69 Å². The molecule has 1 aromatic heterocycles. The molecule has 1 aromatic carbocycles. The molecule has 4 nitrogen and oxygen atoms in total. The molecule has 0 saturated carbocycles. The van der Waals surface area contributed by atoms with Crippen LogP contribution in [-0.4, -0.2) is 22.8 Å². The first kappa shape index (κ1) is 14.3. The minimum Gasteiger partial charge on any atom is -0.398 e. The topological polar surface area (TPSA) is 59.2 Å². The molecule has 2 aromatic rings. The van der Waals surface area contributed by atoms with Crippen molar-refractivity contribution >= 4 is 23.2 Å². The van der Waals surface area contributed by atoms with Crippen LogP contribution in [0.25, 0.3) is 0 Å². The van der Waals surface area contributed by atoms with Gasteiger partial charge in [-0.25, -0.2) is 0 Å². The lowest BCUT2D eigenvalue weighted by atomic mass is 10.1. The predicted octanol–water partition coefficient (Wildman–Crippen LogP) is 2.90. The lowest BCUT2D eigenvalue weighted by Crippen LogP contribution is -2.27. The van der Waals surface area contributed by atoms with E-state index < -0.39 is 0 Å². The highest BCUT2D eigenvalue weighted by Gasteiger charge is 2.15. The molecule has 0 unspecified atom stereocenters. The summed E-state index contributed by atoms with van der Waals surface area (Å²) in [5.41, 5.74) is 8.41. The smallest absolute Gasteiger partial charge is 0.256 e. The summed E-state index contributed by atoms with van der Waals surface area (Å²) >= 11 is 5.91. The van der Waals surface area contributed by atoms with Gasteiger partial charge >= 0.3 is 0 Å². The molecule has 104 valence electrons. The lowest BCUT2D eigenvalue weighted by molar-refractivity contribution is 0.0784. The molecular weight excluding hydrogens is 274 g/mol. The number of amides is 1. The quantitative estimate of drug-likeness (QED) is 0.884. The van der Waals surface area contributed by atoms with Crippen molar-refractivity contribution < 1.29 is 4.79 Å². The fraction of sp³-hybridized carbons (Fsp3) is 0.200. The molecule has 0 radical (unpaired) electrons. The molecule has 0 fully saturated rings. The number of aromatic nitrogens is 1. The molecule has 1 amide bonds. The maximum Gasteiger partial charge on any atom is 0.256 e. The molecule has 2 rings (SSSR count). The van der Waals surface area contributed by atoms with Crippen LogP contribution in [0, 0.1) is 6.92 Å². The van der Waals surface area contributed by atoms with Gasteiger partial charge in [-0.1, -0.05) is 17.7 Å². The van der Waals surface area contributed by atoms with Gasteiger partial charge in [-0.05, 0) is 37.3 Å². The number of hydrogen-bond acceptors (Lipinski definition) is 3. The number of aryl methyl sites for hydroxylation is 1. The van der Waals surface area contributed by atoms with E-state index in [9.17, 15) is 4.79 Å². The van der Waals surface area contributed by atoms with E-state index in [1.807, 2.05) is 25.1 Å². The number of carbonyl (C=O) groups excluding carboxylic acids is 1. The van der Waals surface area contributed by atoms with Crippen LogP contribution in [0.1, 0.15) is 21.7 Å². The van der Waals surface area contributed by atoms with Crippen LogP contribution in [0.2, 0.25) is 5.02 Å². The normalized spacial score (nSPS) is 10.3. The van der Waals surface area contributed by atoms with Crippen LogP contribution < -0.4 is 5.73 Å². The van der Waals surface area contributed by atoms with Crippen molar-refractivity contribution in [2.75, 3.05) is 12.8 Å². The van der Waals surface area contributed by atoms with E-state index >= 15 is 0 Å². The maximum absolute atomic E-state index is 12.4. The van der Waals surface area contributed by atoms with Gasteiger partial charge in [0.05, 0.1) is 17.8 Å². The largest absolute Gasteiger partial charge is 0.398 e. The summed E-state index contributed by atoms with van der Waals surface area (Å²) in [5, 5.41) is 0.490. The minimum atomic E-state index is -0.173. The van der Waals surface area contributed by atoms with Gasteiger partial charge in [-0.15, -0.1) is 0 Å². The second-order valence-electron chi connectivity index (χ2n) is 4.66. The van der Waals surface area contributed by atoms with Gasteiger partial charge in [0.1, 0.15) is 0 Å². The summed E-state index contributed by atoms with van der Waals surface area (Å²) < 4.78 is 0. The van der Waals surface area contributed by atoms with Crippen LogP contribution in [0.15, 0.2) is 36.4 Å². The molecule has 0 spiro atoms. The van der Waals surface area contributed by atoms with E-state index in [-0.39, 0.29) is 5.91 Å². The first-order valence-corrected chi connectivity index (χ1v) is 6.58. The highest BCUT2D eigenvalue weighted by Crippen LogP contribution is 2.19. The maximum atomic E-state index is 12.4. The molecule has 0 aliphatic heterocycles. The highest BCUT2D eigenvalue weighted by atomic mass is 35.5. The Labute approximate surface area is 123 Å². The van der Waals surface area contributed by atoms with Crippen molar-refractivity contribution in [3.63, 3.8) is 0 Å². The number of pyridine rings is 1. The summed E-state index contributed by atoms with van der Waals surface area (Å²) in [4.78, 5) is 18.3. The first-order chi connectivity index (χ1) is 9.47. The Morgan fingerprint density at radius 2 is 2.10 bits per heavy atom. The summed E-state index contributed by atoms with van der Waals surface area (Å²) in [6.45, 7) is 2.34. The summed E-state index contributed by atoms with van der Waals surface area (Å²) in [5.74, 6) is -0.173. The number of hydrogen-bond donors (Lipinski definition) is 1. The molecule has 20 heavy (non-hydrogen) atoms. The van der Waals surface area contributed by atoms with Gasteiger partial charge < -0.3 is 10.6 Å². The Morgan fingerprint density at radius 1 is 1.35 bits per heavy atom. The number of nitrogens with zero attached hydrogens (tertiary/aromatic N) is 2. The van der Waals surface area contributed by atoms with Crippen LogP contribution >= 0.6 is 11.6 Å². The lowest BCUT2D eigenvalue weighted by Gasteiger charge is -2.18. The molecule has 0 atom stereocenters. The van der Waals surface area contributed by atoms with E-state index in [0.717, 1.165) is 11.4 Å². The van der Waals surface area contributed by atoms with Crippen molar-refractivity contribution in [3.8, 4) is 0 Å². The Balaban J connectivity index is 2.18. The summed E-state index contributed by atoms with van der Waals surface area (Å²) in [6, 6.07) is 10.6. The molecule has 0 saturated heterocycles. The second-order valence-corrected chi connectivity index (χ2v) is 5.10. The van der Waals surface area contributed by atoms with Gasteiger partial charge in [0.25, 0.3) is 5.91 Å². The Bertz CT molecular complexity index is 643. The molecule has 0 aliphatic carbocycles. The van der Waals surface area contributed by atoms with Crippen molar-refractivity contribution in [2.24, 2.45) is 0 Å². The van der Waals surface area contributed by atoms with E-state index in [1.165, 1.54) is 0 Å². The highest BCUT2D eigenvalue weighted by molar-refractivity contribution is 6.31. The van der Waals surface area contributed by atoms with E-state index in [4.69, 9.17) is 17.3 Å². The number of benzene rings is 1. The average Bonchev–Trinajstić information content (AvgIpc) is 2.40. The summed E-state index contributed by atoms with van der Waals surface area (Å²) in [6.07, 6.45) is 0. The van der Waals surface area contributed by atoms with E-state index in [2.05, 4.69) is 4.98 Å². The molecular formula is C15H16ClN3O. The zero-order valence-corrected chi connectivity index (χ0v) is 12.2. The molecule has 5 heteroatoms. The molecule has 0 aliphatic rings. The van der Waals surface area contributed by atoms with Gasteiger partial charge in [0.15, 0.2) is 0 Å². The van der Waals surface area contributed by atoms with E-state index in [1.54, 1.807) is 30.1 Å². The predicted molar refractivity (Wildman–Crippen MR) is 80.6 cm³/mol. The SMILES string of the molecule is Cc1cccc(CN(C)C(=O)c2cc(Cl)ccc2N)n1. The fourth-order valence-corrected chi connectivity index (χ4v) is 2.09. The van der Waals surface area contributed by atoms with Gasteiger partial charge in [0.2, 0.25) is 0 Å². The van der Waals surface area contributed by atoms with Crippen LogP contribution in [-0.2, 0) is 6.54 Å². The molecule has 0 bridgehead atoms. The molecule has 2 N–H and O–H groups in total. The summed E-state index contributed by atoms with van der Waals surface area (Å²) in [7, 11) is 1.71. The number of nitrogens with two attached hydrogens (primary N) is 1. The number of anilines is 1. The van der Waals surface area contributed by atoms with Crippen molar-refractivity contribution in [2.45, 2.75) is 13.5 Å². The Hall–Kier alpha value is -2.07. The number of nitrogen functional groups attached to an aromatic ring is 1. The average molecular weight is 290 g/mol. The van der Waals surface area contributed by atoms with Crippen molar-refractivity contribution in [3.05, 3.63) is 58.4 Å². The Kier molecular flexibility index (Phi) is 4.25. The van der Waals surface area contributed by atoms with Crippen molar-refractivity contribution in [1.29, 1.82) is 0 Å². The van der Waals surface area contributed by atoms with E-state index in [0.29, 0.717) is 22.8 Å². The third-order valence-electron chi connectivity index (χ3n) is 2.94. The van der Waals surface area contributed by atoms with Crippen LogP contribution in [0.3, 0.4) is 0 Å². The standard InChI is InChI=1S/C15H16ClN3O/c1-10-4-3-5-12(18-10)9-19(2)15(20)13-8-11(16)6-7-14(13)17/h3-8H,9,17H2,1-2H3. The minimum absolute atomic E-state index is 0.173. The zero-order valence-electron chi connectivity index (χ0n) is 11.4. The fourth-order valence-electron chi connectivity index (χ4n) is 1.92. The zero-order chi connectivity index (χ0) is 14.7. The van der Waals surface area contributed by atoms with Gasteiger partial charge in [-0.2, -0.15) is 0 Å². The number of halogens is 1. The molecule has 1 heterocycles. The Morgan fingerprint density at radius 3 is 2.80 bits per heavy atom.